The van der Waals surface area contributed by atoms with Crippen molar-refractivity contribution in [3.63, 3.8) is 0 Å². The van der Waals surface area contributed by atoms with Crippen LogP contribution in [0.4, 0.5) is 10.6 Å². The fourth-order valence-electron chi connectivity index (χ4n) is 3.70. The maximum atomic E-state index is 12.6. The molecule has 1 fully saturated rings. The molecule has 1 N–H and O–H groups in total. The number of carbonyl (C=O) groups excluding carboxylic acids is 1. The van der Waals surface area contributed by atoms with Gasteiger partial charge < -0.3 is 19.9 Å². The number of nitrogens with one attached hydrogen (secondary N) is 1. The van der Waals surface area contributed by atoms with Crippen LogP contribution in [0.15, 0.2) is 0 Å². The quantitative estimate of drug-likeness (QED) is 0.831. The number of fused-ring (bicyclic) bond motifs is 1. The van der Waals surface area contributed by atoms with Gasteiger partial charge in [-0.1, -0.05) is 0 Å². The number of urea groups is 1. The van der Waals surface area contributed by atoms with Gasteiger partial charge in [-0.25, -0.2) is 14.8 Å². The van der Waals surface area contributed by atoms with Crippen LogP contribution in [0.2, 0.25) is 0 Å². The van der Waals surface area contributed by atoms with Crippen molar-refractivity contribution in [3.8, 4) is 0 Å². The number of aryl methyl sites for hydroxylation is 1. The Balaban J connectivity index is 1.87. The van der Waals surface area contributed by atoms with E-state index in [-0.39, 0.29) is 23.8 Å². The zero-order chi connectivity index (χ0) is 19.1. The van der Waals surface area contributed by atoms with E-state index < -0.39 is 0 Å². The van der Waals surface area contributed by atoms with Gasteiger partial charge in [0.15, 0.2) is 0 Å². The highest BCUT2D eigenvalue weighted by Crippen LogP contribution is 2.29. The molecule has 3 heterocycles. The first-order valence-corrected chi connectivity index (χ1v) is 9.46. The van der Waals surface area contributed by atoms with Crippen LogP contribution in [0.25, 0.3) is 0 Å². The Morgan fingerprint density at radius 2 is 1.85 bits per heavy atom. The topological polar surface area (TPSA) is 70.6 Å². The van der Waals surface area contributed by atoms with Gasteiger partial charge in [0.1, 0.15) is 11.6 Å². The molecule has 7 nitrogen and oxygen atoms in total. The van der Waals surface area contributed by atoms with Gasteiger partial charge in [-0.15, -0.1) is 0 Å². The molecule has 7 heteroatoms. The number of amides is 2. The largest absolute Gasteiger partial charge is 0.372 e. The minimum absolute atomic E-state index is 0.0293. The molecule has 0 bridgehead atoms. The highest BCUT2D eigenvalue weighted by molar-refractivity contribution is 5.75. The van der Waals surface area contributed by atoms with Crippen LogP contribution in [0.3, 0.4) is 0 Å². The van der Waals surface area contributed by atoms with E-state index in [1.807, 2.05) is 32.6 Å². The van der Waals surface area contributed by atoms with Gasteiger partial charge in [-0.3, -0.25) is 0 Å². The molecule has 0 aliphatic carbocycles. The van der Waals surface area contributed by atoms with Crippen molar-refractivity contribution in [1.82, 2.24) is 20.2 Å². The summed E-state index contributed by atoms with van der Waals surface area (Å²) >= 11 is 0. The second-order valence-electron chi connectivity index (χ2n) is 8.53. The van der Waals surface area contributed by atoms with Crippen LogP contribution in [0.1, 0.15) is 51.7 Å². The SMILES string of the molecule is Cc1nc2c(c(N3CC(C)OC(C)C3)n1)CN(C(=O)NC(C)(C)C)CC2. The number of anilines is 1. The van der Waals surface area contributed by atoms with Crippen molar-refractivity contribution in [1.29, 1.82) is 0 Å². The highest BCUT2D eigenvalue weighted by Gasteiger charge is 2.31. The van der Waals surface area contributed by atoms with Gasteiger partial charge in [-0.05, 0) is 41.5 Å². The molecule has 26 heavy (non-hydrogen) atoms. The zero-order valence-corrected chi connectivity index (χ0v) is 16.8. The summed E-state index contributed by atoms with van der Waals surface area (Å²) < 4.78 is 5.87. The van der Waals surface area contributed by atoms with E-state index in [1.54, 1.807) is 0 Å². The fourth-order valence-corrected chi connectivity index (χ4v) is 3.70. The van der Waals surface area contributed by atoms with E-state index in [0.29, 0.717) is 13.1 Å². The second-order valence-corrected chi connectivity index (χ2v) is 8.53. The molecule has 2 unspecified atom stereocenters. The molecule has 144 valence electrons. The Bertz CT molecular complexity index is 675. The van der Waals surface area contributed by atoms with Gasteiger partial charge in [0.2, 0.25) is 0 Å². The summed E-state index contributed by atoms with van der Waals surface area (Å²) in [5.74, 6) is 1.75. The van der Waals surface area contributed by atoms with Crippen molar-refractivity contribution in [2.24, 2.45) is 0 Å². The summed E-state index contributed by atoms with van der Waals surface area (Å²) in [7, 11) is 0. The van der Waals surface area contributed by atoms with Crippen LogP contribution < -0.4 is 10.2 Å². The number of nitrogens with zero attached hydrogens (tertiary/aromatic N) is 4. The lowest BCUT2D eigenvalue weighted by Gasteiger charge is -2.39. The maximum Gasteiger partial charge on any atom is 0.318 e. The molecule has 2 atom stereocenters. The van der Waals surface area contributed by atoms with Crippen LogP contribution in [-0.2, 0) is 17.7 Å². The maximum absolute atomic E-state index is 12.6. The lowest BCUT2D eigenvalue weighted by Crippen LogP contribution is -2.50. The minimum atomic E-state index is -0.251. The lowest BCUT2D eigenvalue weighted by atomic mass is 10.0. The summed E-state index contributed by atoms with van der Waals surface area (Å²) in [6, 6.07) is -0.0293. The first kappa shape index (κ1) is 18.9. The van der Waals surface area contributed by atoms with E-state index in [4.69, 9.17) is 9.72 Å². The highest BCUT2D eigenvalue weighted by atomic mass is 16.5. The Morgan fingerprint density at radius 3 is 2.46 bits per heavy atom. The van der Waals surface area contributed by atoms with Crippen molar-refractivity contribution in [2.45, 2.75) is 72.3 Å². The van der Waals surface area contributed by atoms with E-state index >= 15 is 0 Å². The fraction of sp³-hybridized carbons (Fsp3) is 0.737. The zero-order valence-electron chi connectivity index (χ0n) is 16.8. The van der Waals surface area contributed by atoms with Crippen molar-refractivity contribution < 1.29 is 9.53 Å². The average molecular weight is 361 g/mol. The Kier molecular flexibility index (Phi) is 5.10. The molecule has 1 saturated heterocycles. The molecule has 1 aromatic rings. The Labute approximate surface area is 156 Å². The number of hydrogen-bond donors (Lipinski definition) is 1. The van der Waals surface area contributed by atoms with Crippen molar-refractivity contribution in [2.75, 3.05) is 24.5 Å². The molecule has 3 rings (SSSR count). The third kappa shape index (κ3) is 4.26. The van der Waals surface area contributed by atoms with Crippen molar-refractivity contribution >= 4 is 11.8 Å². The van der Waals surface area contributed by atoms with Crippen molar-refractivity contribution in [3.05, 3.63) is 17.1 Å². The minimum Gasteiger partial charge on any atom is -0.372 e. The van der Waals surface area contributed by atoms with Gasteiger partial charge in [0, 0.05) is 37.2 Å². The normalized spacial score (nSPS) is 23.6. The molecular weight excluding hydrogens is 330 g/mol. The molecule has 1 aromatic heterocycles. The summed E-state index contributed by atoms with van der Waals surface area (Å²) in [4.78, 5) is 26.2. The number of hydrogen-bond acceptors (Lipinski definition) is 5. The van der Waals surface area contributed by atoms with Crippen LogP contribution in [-0.4, -0.2) is 58.3 Å². The third-order valence-electron chi connectivity index (χ3n) is 4.64. The number of aromatic nitrogens is 2. The molecule has 0 spiro atoms. The number of carbonyl (C=O) groups is 1. The van der Waals surface area contributed by atoms with E-state index in [0.717, 1.165) is 42.4 Å². The summed E-state index contributed by atoms with van der Waals surface area (Å²) in [5.41, 5.74) is 1.89. The standard InChI is InChI=1S/C19H31N5O2/c1-12-9-24(10-13(2)26-12)17-15-11-23(18(25)22-19(4,5)6)8-7-16(15)20-14(3)21-17/h12-13H,7-11H2,1-6H3,(H,22,25). The van der Waals surface area contributed by atoms with E-state index in [2.05, 4.69) is 29.0 Å². The van der Waals surface area contributed by atoms with Gasteiger partial charge in [0.25, 0.3) is 0 Å². The number of morpholine rings is 1. The van der Waals surface area contributed by atoms with Crippen LogP contribution >= 0.6 is 0 Å². The Hall–Kier alpha value is -1.89. The smallest absolute Gasteiger partial charge is 0.318 e. The molecule has 0 radical (unpaired) electrons. The summed E-state index contributed by atoms with van der Waals surface area (Å²) in [6.45, 7) is 15.0. The molecule has 2 aliphatic rings. The van der Waals surface area contributed by atoms with Gasteiger partial charge in [0.05, 0.1) is 24.4 Å². The molecule has 2 amide bonds. The van der Waals surface area contributed by atoms with Gasteiger partial charge in [-0.2, -0.15) is 0 Å². The monoisotopic (exact) mass is 361 g/mol. The first-order valence-electron chi connectivity index (χ1n) is 9.46. The average Bonchev–Trinajstić information content (AvgIpc) is 2.51. The lowest BCUT2D eigenvalue weighted by molar-refractivity contribution is -0.00558. The molecule has 0 aromatic carbocycles. The third-order valence-corrected chi connectivity index (χ3v) is 4.64. The summed E-state index contributed by atoms with van der Waals surface area (Å²) in [5, 5.41) is 3.06. The van der Waals surface area contributed by atoms with E-state index in [1.165, 1.54) is 0 Å². The first-order chi connectivity index (χ1) is 12.1. The van der Waals surface area contributed by atoms with Crippen LogP contribution in [0.5, 0.6) is 0 Å². The molecule has 0 saturated carbocycles. The number of rotatable bonds is 1. The Morgan fingerprint density at radius 1 is 1.19 bits per heavy atom. The second kappa shape index (κ2) is 7.02. The predicted molar refractivity (Wildman–Crippen MR) is 101 cm³/mol. The van der Waals surface area contributed by atoms with Gasteiger partial charge >= 0.3 is 6.03 Å². The predicted octanol–water partition coefficient (Wildman–Crippen LogP) is 2.26. The van der Waals surface area contributed by atoms with Crippen LogP contribution in [0, 0.1) is 6.92 Å². The molecular formula is C19H31N5O2. The summed E-state index contributed by atoms with van der Waals surface area (Å²) in [6.07, 6.45) is 1.08. The number of ether oxygens (including phenoxy) is 1. The molecule has 2 aliphatic heterocycles. The van der Waals surface area contributed by atoms with E-state index in [9.17, 15) is 4.79 Å².